The number of ether oxygens (including phenoxy) is 1. The van der Waals surface area contributed by atoms with Crippen molar-refractivity contribution in [3.63, 3.8) is 0 Å². The van der Waals surface area contributed by atoms with E-state index in [9.17, 15) is 8.42 Å². The summed E-state index contributed by atoms with van der Waals surface area (Å²) in [5.41, 5.74) is 3.71. The number of rotatable bonds is 3. The van der Waals surface area contributed by atoms with Gasteiger partial charge < -0.3 is 19.0 Å². The summed E-state index contributed by atoms with van der Waals surface area (Å²) >= 11 is 0. The largest absolute Gasteiger partial charge is 0.495 e. The summed E-state index contributed by atoms with van der Waals surface area (Å²) in [6, 6.07) is 13.2. The number of methoxy groups -OCH3 is 1. The highest BCUT2D eigenvalue weighted by Gasteiger charge is 2.54. The Morgan fingerprint density at radius 3 is 2.86 bits per heavy atom. The van der Waals surface area contributed by atoms with Crippen LogP contribution in [-0.4, -0.2) is 48.1 Å². The van der Waals surface area contributed by atoms with E-state index < -0.39 is 15.6 Å². The third kappa shape index (κ3) is 3.44. The summed E-state index contributed by atoms with van der Waals surface area (Å²) in [7, 11) is -1.67. The van der Waals surface area contributed by atoms with E-state index in [1.165, 1.54) is 0 Å². The molecule has 4 heterocycles. The number of sulfone groups is 1. The van der Waals surface area contributed by atoms with E-state index in [0.717, 1.165) is 53.5 Å². The molecule has 9 heteroatoms. The zero-order chi connectivity index (χ0) is 24.2. The molecule has 0 aliphatic carbocycles. The average Bonchev–Trinajstić information content (AvgIpc) is 3.47. The Balaban J connectivity index is 1.36. The van der Waals surface area contributed by atoms with Crippen molar-refractivity contribution in [1.82, 2.24) is 14.5 Å². The number of benzene rings is 2. The summed E-state index contributed by atoms with van der Waals surface area (Å²) in [6.07, 6.45) is 7.98. The van der Waals surface area contributed by atoms with Gasteiger partial charge in [0.05, 0.1) is 35.5 Å². The lowest BCUT2D eigenvalue weighted by atomic mass is 9.92. The zero-order valence-corrected chi connectivity index (χ0v) is 20.5. The number of imidazole rings is 1. The maximum Gasteiger partial charge on any atom is 0.239 e. The normalized spacial score (nSPS) is 23.5. The summed E-state index contributed by atoms with van der Waals surface area (Å²) in [4.78, 5) is 12.9. The summed E-state index contributed by atoms with van der Waals surface area (Å²) in [5, 5.41) is 4.51. The van der Waals surface area contributed by atoms with Crippen LogP contribution in [0.2, 0.25) is 0 Å². The second kappa shape index (κ2) is 7.98. The molecule has 0 amide bonds. The molecule has 180 valence electrons. The molecule has 1 saturated heterocycles. The fraction of sp³-hybridized carbons (Fsp3) is 0.308. The van der Waals surface area contributed by atoms with Gasteiger partial charge in [-0.3, -0.25) is 0 Å². The topological polar surface area (TPSA) is 86.0 Å². The third-order valence-electron chi connectivity index (χ3n) is 6.98. The molecule has 1 aromatic heterocycles. The van der Waals surface area contributed by atoms with Gasteiger partial charge in [-0.25, -0.2) is 13.4 Å². The second-order valence-corrected chi connectivity index (χ2v) is 11.2. The van der Waals surface area contributed by atoms with Crippen molar-refractivity contribution in [1.29, 1.82) is 0 Å². The van der Waals surface area contributed by atoms with Crippen LogP contribution >= 0.6 is 0 Å². The highest BCUT2D eigenvalue weighted by molar-refractivity contribution is 7.91. The van der Waals surface area contributed by atoms with Crippen molar-refractivity contribution in [3.05, 3.63) is 77.4 Å². The molecule has 1 spiro atoms. The van der Waals surface area contributed by atoms with Gasteiger partial charge in [0.1, 0.15) is 5.75 Å². The molecule has 1 unspecified atom stereocenters. The highest BCUT2D eigenvalue weighted by atomic mass is 32.2. The number of fused-ring (bicyclic) bond motifs is 4. The van der Waals surface area contributed by atoms with Crippen LogP contribution in [0.5, 0.6) is 5.75 Å². The van der Waals surface area contributed by atoms with Crippen LogP contribution in [0, 0.1) is 6.92 Å². The van der Waals surface area contributed by atoms with Gasteiger partial charge in [0.15, 0.2) is 15.7 Å². The minimum absolute atomic E-state index is 0.0365. The molecule has 1 fully saturated rings. The Kier molecular flexibility index (Phi) is 5.00. The number of oxime groups is 1. The number of hydrogen-bond donors (Lipinski definition) is 0. The molecular formula is C26H26N4O4S. The summed E-state index contributed by atoms with van der Waals surface area (Å²) in [6.45, 7) is 2.71. The Morgan fingerprint density at radius 1 is 1.20 bits per heavy atom. The van der Waals surface area contributed by atoms with Crippen LogP contribution in [0.3, 0.4) is 0 Å². The molecule has 2 aromatic carbocycles. The molecule has 0 radical (unpaired) electrons. The number of hydrogen-bond acceptors (Lipinski definition) is 7. The van der Waals surface area contributed by atoms with Gasteiger partial charge >= 0.3 is 0 Å². The number of nitrogens with zero attached hydrogens (tertiary/aromatic N) is 4. The first-order valence-electron chi connectivity index (χ1n) is 11.7. The molecule has 0 bridgehead atoms. The Labute approximate surface area is 204 Å². The van der Waals surface area contributed by atoms with Gasteiger partial charge in [-0.15, -0.1) is 0 Å². The van der Waals surface area contributed by atoms with E-state index >= 15 is 0 Å². The number of amidine groups is 1. The maximum atomic E-state index is 12.7. The van der Waals surface area contributed by atoms with Gasteiger partial charge in [-0.05, 0) is 55.2 Å². The number of aromatic nitrogens is 2. The predicted molar refractivity (Wildman–Crippen MR) is 132 cm³/mol. The fourth-order valence-corrected chi connectivity index (χ4v) is 6.90. The maximum absolute atomic E-state index is 12.7. The molecule has 3 aliphatic heterocycles. The van der Waals surface area contributed by atoms with Crippen LogP contribution in [0.1, 0.15) is 36.1 Å². The molecular weight excluding hydrogens is 464 g/mol. The van der Waals surface area contributed by atoms with E-state index in [4.69, 9.17) is 9.57 Å². The molecule has 8 nitrogen and oxygen atoms in total. The van der Waals surface area contributed by atoms with Crippen molar-refractivity contribution in [3.8, 4) is 11.4 Å². The lowest BCUT2D eigenvalue weighted by Crippen LogP contribution is -2.52. The highest BCUT2D eigenvalue weighted by Crippen LogP contribution is 2.47. The zero-order valence-electron chi connectivity index (χ0n) is 19.6. The molecule has 3 aromatic rings. The lowest BCUT2D eigenvalue weighted by Gasteiger charge is -2.42. The van der Waals surface area contributed by atoms with E-state index in [1.807, 2.05) is 48.0 Å². The molecule has 0 saturated carbocycles. The second-order valence-electron chi connectivity index (χ2n) is 9.13. The van der Waals surface area contributed by atoms with Gasteiger partial charge in [0, 0.05) is 24.7 Å². The van der Waals surface area contributed by atoms with E-state index in [2.05, 4.69) is 21.1 Å². The van der Waals surface area contributed by atoms with E-state index in [0.29, 0.717) is 16.9 Å². The summed E-state index contributed by atoms with van der Waals surface area (Å²) < 4.78 is 33.1. The van der Waals surface area contributed by atoms with Gasteiger partial charge in [-0.1, -0.05) is 29.4 Å². The molecule has 3 aliphatic rings. The van der Waals surface area contributed by atoms with Crippen LogP contribution in [0.25, 0.3) is 11.8 Å². The lowest BCUT2D eigenvalue weighted by molar-refractivity contribution is -0.112. The summed E-state index contributed by atoms with van der Waals surface area (Å²) in [5.74, 6) is 1.56. The first-order valence-corrected chi connectivity index (χ1v) is 13.3. The van der Waals surface area contributed by atoms with Gasteiger partial charge in [0.2, 0.25) is 5.72 Å². The smallest absolute Gasteiger partial charge is 0.239 e. The Hall–Kier alpha value is -3.59. The van der Waals surface area contributed by atoms with Crippen molar-refractivity contribution >= 4 is 21.7 Å². The Morgan fingerprint density at radius 2 is 2.06 bits per heavy atom. The van der Waals surface area contributed by atoms with Crippen LogP contribution in [0.4, 0.5) is 0 Å². The van der Waals surface area contributed by atoms with Crippen molar-refractivity contribution in [2.45, 2.75) is 36.8 Å². The SMILES string of the molecule is COc1cc(/C=C2\CCCN3C2=NOC32CCS(=O)(=O)c3ccccc32)ccc1-n1cnc(C)c1. The minimum Gasteiger partial charge on any atom is -0.495 e. The van der Waals surface area contributed by atoms with Crippen molar-refractivity contribution in [2.75, 3.05) is 19.4 Å². The fourth-order valence-electron chi connectivity index (χ4n) is 5.29. The third-order valence-corrected chi connectivity index (χ3v) is 8.74. The Bertz CT molecular complexity index is 1490. The first kappa shape index (κ1) is 21.9. The molecule has 6 rings (SSSR count). The van der Waals surface area contributed by atoms with Gasteiger partial charge in [-0.2, -0.15) is 0 Å². The standard InChI is InChI=1S/C26H26N4O4S/c1-18-16-29(17-27-18)22-10-9-19(15-23(22)33-2)14-20-6-5-12-30-25(20)28-34-26(30)11-13-35(31,32)24-8-4-3-7-21(24)26/h3-4,7-10,14-17H,5-6,11-13H2,1-2H3/b20-14+. The van der Waals surface area contributed by atoms with Crippen molar-refractivity contribution < 1.29 is 18.0 Å². The number of piperidine rings is 1. The van der Waals surface area contributed by atoms with E-state index in [1.54, 1.807) is 25.6 Å². The van der Waals surface area contributed by atoms with E-state index in [-0.39, 0.29) is 5.75 Å². The average molecular weight is 491 g/mol. The molecule has 35 heavy (non-hydrogen) atoms. The predicted octanol–water partition coefficient (Wildman–Crippen LogP) is 4.04. The van der Waals surface area contributed by atoms with Crippen LogP contribution < -0.4 is 4.74 Å². The number of aryl methyl sites for hydroxylation is 1. The molecule has 0 N–H and O–H groups in total. The first-order chi connectivity index (χ1) is 16.9. The quantitative estimate of drug-likeness (QED) is 0.551. The monoisotopic (exact) mass is 490 g/mol. The van der Waals surface area contributed by atoms with Crippen molar-refractivity contribution in [2.24, 2.45) is 5.16 Å². The van der Waals surface area contributed by atoms with Crippen LogP contribution in [-0.2, 0) is 20.4 Å². The minimum atomic E-state index is -3.33. The molecule has 1 atom stereocenters. The van der Waals surface area contributed by atoms with Gasteiger partial charge in [0.25, 0.3) is 0 Å². The van der Waals surface area contributed by atoms with Crippen LogP contribution in [0.15, 0.2) is 70.6 Å².